The van der Waals surface area contributed by atoms with E-state index in [0.29, 0.717) is 20.9 Å². The molecule has 3 rings (SSSR count). The number of fused-ring (bicyclic) bond motifs is 1. The van der Waals surface area contributed by atoms with Gasteiger partial charge < -0.3 is 5.32 Å². The maximum atomic E-state index is 12.6. The van der Waals surface area contributed by atoms with Crippen LogP contribution in [0.5, 0.6) is 0 Å². The van der Waals surface area contributed by atoms with Crippen molar-refractivity contribution in [3.8, 4) is 0 Å². The highest BCUT2D eigenvalue weighted by atomic mass is 35.5. The van der Waals surface area contributed by atoms with Gasteiger partial charge in [-0.1, -0.05) is 17.7 Å². The lowest BCUT2D eigenvalue weighted by atomic mass is 10.2. The van der Waals surface area contributed by atoms with Gasteiger partial charge in [0, 0.05) is 15.6 Å². The summed E-state index contributed by atoms with van der Waals surface area (Å²) in [5, 5.41) is 3.90. The molecule has 1 N–H and O–H groups in total. The monoisotopic (exact) mass is 361 g/mol. The van der Waals surface area contributed by atoms with Gasteiger partial charge in [-0.25, -0.2) is 4.98 Å². The summed E-state index contributed by atoms with van der Waals surface area (Å²) < 4.78 is 1.35. The lowest BCUT2D eigenvalue weighted by molar-refractivity contribution is -0.118. The Morgan fingerprint density at radius 1 is 1.33 bits per heavy atom. The number of hydrogen-bond acceptors (Lipinski definition) is 4. The summed E-state index contributed by atoms with van der Waals surface area (Å²) in [4.78, 5) is 31.0. The molecular weight excluding hydrogens is 346 g/mol. The molecule has 0 bridgehead atoms. The van der Waals surface area contributed by atoms with Gasteiger partial charge >= 0.3 is 0 Å². The van der Waals surface area contributed by atoms with Crippen LogP contribution in [0.15, 0.2) is 35.4 Å². The lowest BCUT2D eigenvalue weighted by Crippen LogP contribution is -2.31. The van der Waals surface area contributed by atoms with Crippen LogP contribution in [0, 0.1) is 13.8 Å². The zero-order valence-electron chi connectivity index (χ0n) is 13.5. The number of hydrogen-bond donors (Lipinski definition) is 1. The summed E-state index contributed by atoms with van der Waals surface area (Å²) >= 11 is 7.53. The molecule has 5 nitrogen and oxygen atoms in total. The van der Waals surface area contributed by atoms with Gasteiger partial charge in [0.05, 0.1) is 11.7 Å². The highest BCUT2D eigenvalue weighted by Gasteiger charge is 2.18. The number of rotatable bonds is 3. The molecule has 0 spiro atoms. The van der Waals surface area contributed by atoms with Gasteiger partial charge in [0.15, 0.2) is 0 Å². The average Bonchev–Trinajstić information content (AvgIpc) is 2.92. The summed E-state index contributed by atoms with van der Waals surface area (Å²) in [6.45, 7) is 5.48. The van der Waals surface area contributed by atoms with E-state index in [1.54, 1.807) is 25.1 Å². The molecule has 1 atom stereocenters. The third-order valence-electron chi connectivity index (χ3n) is 3.84. The highest BCUT2D eigenvalue weighted by molar-refractivity contribution is 7.18. The van der Waals surface area contributed by atoms with E-state index in [-0.39, 0.29) is 11.5 Å². The number of nitrogens with one attached hydrogen (secondary N) is 1. The van der Waals surface area contributed by atoms with Crippen molar-refractivity contribution in [2.75, 3.05) is 5.32 Å². The summed E-state index contributed by atoms with van der Waals surface area (Å²) in [5.74, 6) is -0.301. The van der Waals surface area contributed by atoms with Crippen LogP contribution in [0.4, 0.5) is 5.69 Å². The van der Waals surface area contributed by atoms with Crippen LogP contribution in [0.1, 0.15) is 23.4 Å². The van der Waals surface area contributed by atoms with Crippen LogP contribution in [-0.4, -0.2) is 15.5 Å². The van der Waals surface area contributed by atoms with Crippen LogP contribution in [0.3, 0.4) is 0 Å². The van der Waals surface area contributed by atoms with Gasteiger partial charge in [-0.15, -0.1) is 11.3 Å². The van der Waals surface area contributed by atoms with Gasteiger partial charge in [0.1, 0.15) is 10.9 Å². The standard InChI is InChI=1S/C17H16ClN3O2S/c1-9-4-5-12(7-14(9)18)20-15(22)11(3)21-8-19-16-13(17(21)23)6-10(2)24-16/h4-8,11H,1-3H3,(H,20,22). The smallest absolute Gasteiger partial charge is 0.262 e. The van der Waals surface area contributed by atoms with Crippen LogP contribution in [-0.2, 0) is 4.79 Å². The Hall–Kier alpha value is -2.18. The molecule has 24 heavy (non-hydrogen) atoms. The molecule has 0 aliphatic rings. The minimum absolute atomic E-state index is 0.214. The van der Waals surface area contributed by atoms with E-state index >= 15 is 0 Å². The van der Waals surface area contributed by atoms with Crippen molar-refractivity contribution in [2.24, 2.45) is 0 Å². The van der Waals surface area contributed by atoms with Gasteiger partial charge in [-0.3, -0.25) is 14.2 Å². The zero-order valence-corrected chi connectivity index (χ0v) is 15.0. The Labute approximate surface area is 147 Å². The largest absolute Gasteiger partial charge is 0.324 e. The maximum Gasteiger partial charge on any atom is 0.262 e. The van der Waals surface area contributed by atoms with E-state index in [0.717, 1.165) is 10.4 Å². The first-order valence-electron chi connectivity index (χ1n) is 7.41. The Morgan fingerprint density at radius 2 is 2.08 bits per heavy atom. The fraction of sp³-hybridized carbons (Fsp3) is 0.235. The number of nitrogens with zero attached hydrogens (tertiary/aromatic N) is 2. The van der Waals surface area contributed by atoms with E-state index in [4.69, 9.17) is 11.6 Å². The van der Waals surface area contributed by atoms with E-state index in [1.165, 1.54) is 22.2 Å². The van der Waals surface area contributed by atoms with Crippen molar-refractivity contribution in [1.29, 1.82) is 0 Å². The van der Waals surface area contributed by atoms with Crippen LogP contribution in [0.25, 0.3) is 10.2 Å². The molecule has 2 heterocycles. The van der Waals surface area contributed by atoms with Gasteiger partial charge in [0.2, 0.25) is 5.91 Å². The molecule has 3 aromatic rings. The Balaban J connectivity index is 1.89. The van der Waals surface area contributed by atoms with Crippen molar-refractivity contribution < 1.29 is 4.79 Å². The molecule has 7 heteroatoms. The number of thiophene rings is 1. The van der Waals surface area contributed by atoms with Gasteiger partial charge in [-0.2, -0.15) is 0 Å². The number of benzene rings is 1. The first-order valence-corrected chi connectivity index (χ1v) is 8.60. The SMILES string of the molecule is Cc1cc2c(=O)n(C(C)C(=O)Nc3ccc(C)c(Cl)c3)cnc2s1. The topological polar surface area (TPSA) is 64.0 Å². The first kappa shape index (κ1) is 16.7. The molecule has 1 unspecified atom stereocenters. The fourth-order valence-corrected chi connectivity index (χ4v) is 3.40. The molecule has 1 amide bonds. The van der Waals surface area contributed by atoms with E-state index < -0.39 is 6.04 Å². The third-order valence-corrected chi connectivity index (χ3v) is 5.20. The number of amides is 1. The Morgan fingerprint density at radius 3 is 2.79 bits per heavy atom. The van der Waals surface area contributed by atoms with E-state index in [9.17, 15) is 9.59 Å². The van der Waals surface area contributed by atoms with Crippen LogP contribution >= 0.6 is 22.9 Å². The van der Waals surface area contributed by atoms with Gasteiger partial charge in [-0.05, 0) is 44.5 Å². The minimum atomic E-state index is -0.685. The van der Waals surface area contributed by atoms with Gasteiger partial charge in [0.25, 0.3) is 5.56 Å². The molecule has 124 valence electrons. The maximum absolute atomic E-state index is 12.6. The molecule has 0 saturated heterocycles. The molecule has 1 aromatic carbocycles. The molecule has 2 aromatic heterocycles. The average molecular weight is 362 g/mol. The predicted molar refractivity (Wildman–Crippen MR) is 98.1 cm³/mol. The van der Waals surface area contributed by atoms with E-state index in [2.05, 4.69) is 10.3 Å². The van der Waals surface area contributed by atoms with E-state index in [1.807, 2.05) is 19.9 Å². The van der Waals surface area contributed by atoms with Crippen LogP contribution < -0.4 is 10.9 Å². The Bertz CT molecular complexity index is 993. The number of aromatic nitrogens is 2. The molecule has 0 aliphatic carbocycles. The molecule has 0 saturated carbocycles. The number of anilines is 1. The molecule has 0 fully saturated rings. The fourth-order valence-electron chi connectivity index (χ4n) is 2.38. The molecule has 0 aliphatic heterocycles. The second-order valence-electron chi connectivity index (χ2n) is 5.66. The number of aryl methyl sites for hydroxylation is 2. The second-order valence-corrected chi connectivity index (χ2v) is 7.30. The molecule has 0 radical (unpaired) electrons. The zero-order chi connectivity index (χ0) is 17.4. The normalized spacial score (nSPS) is 12.3. The highest BCUT2D eigenvalue weighted by Crippen LogP contribution is 2.22. The number of halogens is 1. The molecular formula is C17H16ClN3O2S. The van der Waals surface area contributed by atoms with Crippen LogP contribution in [0.2, 0.25) is 5.02 Å². The summed E-state index contributed by atoms with van der Waals surface area (Å²) in [6, 6.07) is 6.41. The third kappa shape index (κ3) is 3.07. The Kier molecular flexibility index (Phi) is 4.43. The van der Waals surface area contributed by atoms with Crippen molar-refractivity contribution in [1.82, 2.24) is 9.55 Å². The van der Waals surface area contributed by atoms with Crippen molar-refractivity contribution in [2.45, 2.75) is 26.8 Å². The summed E-state index contributed by atoms with van der Waals surface area (Å²) in [7, 11) is 0. The van der Waals surface area contributed by atoms with Crippen molar-refractivity contribution in [3.63, 3.8) is 0 Å². The first-order chi connectivity index (χ1) is 11.4. The quantitative estimate of drug-likeness (QED) is 0.768. The summed E-state index contributed by atoms with van der Waals surface area (Å²) in [6.07, 6.45) is 1.42. The van der Waals surface area contributed by atoms with Crippen molar-refractivity contribution >= 4 is 44.7 Å². The lowest BCUT2D eigenvalue weighted by Gasteiger charge is -2.15. The van der Waals surface area contributed by atoms with Crippen molar-refractivity contribution in [3.05, 3.63) is 56.4 Å². The second kappa shape index (κ2) is 6.37. The minimum Gasteiger partial charge on any atom is -0.324 e. The number of carbonyl (C=O) groups excluding carboxylic acids is 1. The number of carbonyl (C=O) groups is 1. The predicted octanol–water partition coefficient (Wildman–Crippen LogP) is 3.93. The summed E-state index contributed by atoms with van der Waals surface area (Å²) in [5.41, 5.74) is 1.31.